The lowest BCUT2D eigenvalue weighted by atomic mass is 9.92. The SMILES string of the molecule is CS(=O)(=O)CC(=O)NCc1ccc(NC[C@](O)(c2cc(Cl)c(Cl)c(Cl)c2)C(F)(F)F)cc1C(F)(F)F. The number of rotatable bonds is 8. The maximum atomic E-state index is 13.8. The lowest BCUT2D eigenvalue weighted by molar-refractivity contribution is -0.260. The smallest absolute Gasteiger partial charge is 0.381 e. The number of hydrogen-bond acceptors (Lipinski definition) is 5. The molecule has 0 unspecified atom stereocenters. The first-order chi connectivity index (χ1) is 16.2. The molecule has 0 aliphatic rings. The molecule has 36 heavy (non-hydrogen) atoms. The Kier molecular flexibility index (Phi) is 9.10. The van der Waals surface area contributed by atoms with Gasteiger partial charge in [-0.15, -0.1) is 0 Å². The fourth-order valence-electron chi connectivity index (χ4n) is 2.98. The summed E-state index contributed by atoms with van der Waals surface area (Å²) in [6.07, 6.45) is -9.52. The molecule has 0 heterocycles. The number of amides is 1. The van der Waals surface area contributed by atoms with Crippen LogP contribution in [-0.2, 0) is 33.0 Å². The van der Waals surface area contributed by atoms with E-state index in [1.54, 1.807) is 0 Å². The van der Waals surface area contributed by atoms with Crippen LogP contribution in [0.15, 0.2) is 30.3 Å². The van der Waals surface area contributed by atoms with Crippen LogP contribution in [0.3, 0.4) is 0 Å². The second-order valence-corrected chi connectivity index (χ2v) is 11.0. The van der Waals surface area contributed by atoms with Gasteiger partial charge in [0.1, 0.15) is 5.75 Å². The van der Waals surface area contributed by atoms with Crippen LogP contribution in [0.2, 0.25) is 15.1 Å². The molecule has 0 bridgehead atoms. The molecule has 16 heteroatoms. The van der Waals surface area contributed by atoms with Gasteiger partial charge in [0.05, 0.1) is 27.2 Å². The van der Waals surface area contributed by atoms with Crippen LogP contribution < -0.4 is 10.6 Å². The van der Waals surface area contributed by atoms with Gasteiger partial charge < -0.3 is 15.7 Å². The Balaban J connectivity index is 2.35. The Morgan fingerprint density at radius 3 is 2.03 bits per heavy atom. The molecule has 0 saturated heterocycles. The minimum atomic E-state index is -5.31. The predicted octanol–water partition coefficient (Wildman–Crippen LogP) is 5.19. The van der Waals surface area contributed by atoms with Crippen molar-refractivity contribution in [1.82, 2.24) is 5.32 Å². The molecule has 6 nitrogen and oxygen atoms in total. The second-order valence-electron chi connectivity index (χ2n) is 7.68. The molecule has 200 valence electrons. The highest BCUT2D eigenvalue weighted by Crippen LogP contribution is 2.43. The van der Waals surface area contributed by atoms with Crippen LogP contribution in [0, 0.1) is 0 Å². The summed E-state index contributed by atoms with van der Waals surface area (Å²) in [6.45, 7) is -2.02. The Labute approximate surface area is 216 Å². The lowest BCUT2D eigenvalue weighted by Gasteiger charge is -2.32. The zero-order valence-electron chi connectivity index (χ0n) is 18.0. The third kappa shape index (κ3) is 7.54. The Bertz CT molecular complexity index is 1230. The number of sulfone groups is 1. The van der Waals surface area contributed by atoms with Crippen LogP contribution in [0.25, 0.3) is 0 Å². The van der Waals surface area contributed by atoms with Crippen molar-refractivity contribution in [2.75, 3.05) is 23.9 Å². The number of nitrogens with one attached hydrogen (secondary N) is 2. The van der Waals surface area contributed by atoms with Crippen molar-refractivity contribution in [3.05, 3.63) is 62.1 Å². The second kappa shape index (κ2) is 10.8. The van der Waals surface area contributed by atoms with Gasteiger partial charge in [-0.2, -0.15) is 26.3 Å². The van der Waals surface area contributed by atoms with E-state index in [4.69, 9.17) is 34.8 Å². The van der Waals surface area contributed by atoms with Crippen LogP contribution in [0.1, 0.15) is 16.7 Å². The van der Waals surface area contributed by atoms with Crippen LogP contribution in [0.5, 0.6) is 0 Å². The van der Waals surface area contributed by atoms with Crippen LogP contribution >= 0.6 is 34.8 Å². The number of halogens is 9. The van der Waals surface area contributed by atoms with Gasteiger partial charge in [0, 0.05) is 18.5 Å². The number of alkyl halides is 6. The Morgan fingerprint density at radius 2 is 1.56 bits per heavy atom. The number of carbonyl (C=O) groups is 1. The molecule has 3 N–H and O–H groups in total. The highest BCUT2D eigenvalue weighted by molar-refractivity contribution is 7.91. The fourth-order valence-corrected chi connectivity index (χ4v) is 4.15. The van der Waals surface area contributed by atoms with Crippen molar-refractivity contribution in [2.24, 2.45) is 0 Å². The van der Waals surface area contributed by atoms with Gasteiger partial charge in [-0.05, 0) is 35.4 Å². The predicted molar refractivity (Wildman–Crippen MR) is 123 cm³/mol. The van der Waals surface area contributed by atoms with E-state index in [1.807, 2.05) is 5.32 Å². The van der Waals surface area contributed by atoms with E-state index in [0.29, 0.717) is 6.07 Å². The van der Waals surface area contributed by atoms with Crippen molar-refractivity contribution in [2.45, 2.75) is 24.5 Å². The molecule has 0 spiro atoms. The highest BCUT2D eigenvalue weighted by Gasteiger charge is 2.55. The molecular formula is C20H17Cl3F6N2O4S. The number of aliphatic hydroxyl groups is 1. The van der Waals surface area contributed by atoms with Gasteiger partial charge in [-0.3, -0.25) is 4.79 Å². The van der Waals surface area contributed by atoms with Gasteiger partial charge >= 0.3 is 12.4 Å². The van der Waals surface area contributed by atoms with Gasteiger partial charge in [-0.1, -0.05) is 40.9 Å². The van der Waals surface area contributed by atoms with E-state index < -0.39 is 74.9 Å². The summed E-state index contributed by atoms with van der Waals surface area (Å²) >= 11 is 17.3. The Morgan fingerprint density at radius 1 is 1.00 bits per heavy atom. The minimum Gasteiger partial charge on any atom is -0.381 e. The lowest BCUT2D eigenvalue weighted by Crippen LogP contribution is -2.47. The molecule has 1 atom stereocenters. The molecule has 0 aromatic heterocycles. The summed E-state index contributed by atoms with van der Waals surface area (Å²) in [5, 5.41) is 13.6. The molecule has 1 amide bonds. The molecule has 0 radical (unpaired) electrons. The van der Waals surface area contributed by atoms with Gasteiger partial charge in [0.25, 0.3) is 0 Å². The standard InChI is InChI=1S/C20H17Cl3F6N2O4S/c1-36(34,35)8-16(32)30-7-10-2-3-12(6-13(10)19(24,25)26)31-9-18(33,20(27,28)29)11-4-14(21)17(23)15(22)5-11/h2-6,31,33H,7-9H2,1H3,(H,30,32)/t18-/m0/s1. The number of anilines is 1. The van der Waals surface area contributed by atoms with Crippen molar-refractivity contribution in [3.63, 3.8) is 0 Å². The van der Waals surface area contributed by atoms with E-state index >= 15 is 0 Å². The Hall–Kier alpha value is -1.93. The molecule has 0 aliphatic heterocycles. The molecule has 2 aromatic carbocycles. The highest BCUT2D eigenvalue weighted by atomic mass is 35.5. The van der Waals surface area contributed by atoms with Gasteiger partial charge in [0.15, 0.2) is 9.84 Å². The van der Waals surface area contributed by atoms with E-state index in [-0.39, 0.29) is 15.1 Å². The molecule has 2 rings (SSSR count). The zero-order valence-corrected chi connectivity index (χ0v) is 21.1. The monoisotopic (exact) mass is 600 g/mol. The average Bonchev–Trinajstić information content (AvgIpc) is 2.71. The van der Waals surface area contributed by atoms with Crippen LogP contribution in [-0.4, -0.2) is 44.2 Å². The molecule has 0 aliphatic carbocycles. The third-order valence-corrected chi connectivity index (χ3v) is 6.75. The summed E-state index contributed by atoms with van der Waals surface area (Å²) in [7, 11) is -3.72. The zero-order chi connectivity index (χ0) is 27.7. The molecule has 2 aromatic rings. The largest absolute Gasteiger partial charge is 0.423 e. The maximum Gasteiger partial charge on any atom is 0.423 e. The number of benzene rings is 2. The quantitative estimate of drug-likeness (QED) is 0.286. The summed E-state index contributed by atoms with van der Waals surface area (Å²) in [5.41, 5.74) is -6.65. The van der Waals surface area contributed by atoms with Crippen molar-refractivity contribution < 1.29 is 44.7 Å². The molecule has 0 fully saturated rings. The minimum absolute atomic E-state index is 0.256. The maximum absolute atomic E-state index is 13.8. The summed E-state index contributed by atoms with van der Waals surface area (Å²) in [5.74, 6) is -1.98. The van der Waals surface area contributed by atoms with E-state index in [0.717, 1.165) is 30.5 Å². The normalized spacial score (nSPS) is 14.3. The van der Waals surface area contributed by atoms with E-state index in [9.17, 15) is 44.7 Å². The first-order valence-corrected chi connectivity index (χ1v) is 12.8. The topological polar surface area (TPSA) is 95.5 Å². The first kappa shape index (κ1) is 30.3. The van der Waals surface area contributed by atoms with Crippen molar-refractivity contribution >= 4 is 56.2 Å². The number of carbonyl (C=O) groups excluding carboxylic acids is 1. The summed E-state index contributed by atoms with van der Waals surface area (Å²) in [6, 6.07) is 3.82. The third-order valence-electron chi connectivity index (χ3n) is 4.76. The molecular weight excluding hydrogens is 585 g/mol. The van der Waals surface area contributed by atoms with Crippen LogP contribution in [0.4, 0.5) is 32.0 Å². The fraction of sp³-hybridized carbons (Fsp3) is 0.350. The summed E-state index contributed by atoms with van der Waals surface area (Å²) < 4.78 is 104. The van der Waals surface area contributed by atoms with Crippen molar-refractivity contribution in [3.8, 4) is 0 Å². The van der Waals surface area contributed by atoms with E-state index in [1.165, 1.54) is 0 Å². The first-order valence-electron chi connectivity index (χ1n) is 9.57. The number of hydrogen-bond donors (Lipinski definition) is 3. The molecule has 0 saturated carbocycles. The summed E-state index contributed by atoms with van der Waals surface area (Å²) in [4.78, 5) is 11.6. The van der Waals surface area contributed by atoms with Gasteiger partial charge in [-0.25, -0.2) is 8.42 Å². The van der Waals surface area contributed by atoms with E-state index in [2.05, 4.69) is 5.32 Å². The van der Waals surface area contributed by atoms with Crippen molar-refractivity contribution in [1.29, 1.82) is 0 Å². The van der Waals surface area contributed by atoms with Gasteiger partial charge in [0.2, 0.25) is 11.5 Å². The average molecular weight is 602 g/mol.